The zero-order chi connectivity index (χ0) is 19.6. The first kappa shape index (κ1) is 21.5. The quantitative estimate of drug-likeness (QED) is 0.591. The number of unbranched alkanes of at least 4 members (excludes halogenated alkanes) is 1. The van der Waals surface area contributed by atoms with Crippen molar-refractivity contribution < 1.29 is 18.7 Å². The van der Waals surface area contributed by atoms with Crippen molar-refractivity contribution in [2.75, 3.05) is 26.2 Å². The third-order valence-corrected chi connectivity index (χ3v) is 4.74. The van der Waals surface area contributed by atoms with E-state index in [0.717, 1.165) is 38.1 Å². The number of nitrogens with zero attached hydrogens (tertiary/aromatic N) is 2. The molecule has 0 N–H and O–H groups in total. The molecule has 0 aliphatic carbocycles. The lowest BCUT2D eigenvalue weighted by Crippen LogP contribution is -2.46. The van der Waals surface area contributed by atoms with Gasteiger partial charge in [0.2, 0.25) is 11.8 Å². The van der Waals surface area contributed by atoms with Gasteiger partial charge in [0.1, 0.15) is 5.76 Å². The molecule has 0 aromatic carbocycles. The number of carbonyl (C=O) groups is 2. The molecule has 27 heavy (non-hydrogen) atoms. The van der Waals surface area contributed by atoms with Gasteiger partial charge in [-0.1, -0.05) is 27.2 Å². The molecule has 1 atom stereocenters. The van der Waals surface area contributed by atoms with E-state index in [1.807, 2.05) is 12.1 Å². The van der Waals surface area contributed by atoms with Crippen LogP contribution in [0.4, 0.5) is 0 Å². The fourth-order valence-corrected chi connectivity index (χ4v) is 3.32. The van der Waals surface area contributed by atoms with Gasteiger partial charge in [-0.3, -0.25) is 9.59 Å². The lowest BCUT2D eigenvalue weighted by atomic mass is 10.1. The molecular weight excluding hydrogens is 344 g/mol. The van der Waals surface area contributed by atoms with Gasteiger partial charge >= 0.3 is 0 Å². The number of amides is 2. The van der Waals surface area contributed by atoms with Crippen LogP contribution in [-0.2, 0) is 20.9 Å². The fourth-order valence-electron chi connectivity index (χ4n) is 3.32. The summed E-state index contributed by atoms with van der Waals surface area (Å²) in [4.78, 5) is 29.1. The number of rotatable bonds is 11. The third kappa shape index (κ3) is 7.37. The molecule has 6 heteroatoms. The second-order valence-corrected chi connectivity index (χ2v) is 7.76. The minimum absolute atomic E-state index is 0.0487. The summed E-state index contributed by atoms with van der Waals surface area (Å²) in [6, 6.07) is 3.69. The second kappa shape index (κ2) is 11.1. The number of furan rings is 1. The van der Waals surface area contributed by atoms with E-state index in [9.17, 15) is 9.59 Å². The first-order chi connectivity index (χ1) is 13.0. The monoisotopic (exact) mass is 378 g/mol. The maximum atomic E-state index is 13.1. The van der Waals surface area contributed by atoms with Gasteiger partial charge in [0.15, 0.2) is 0 Å². The molecular formula is C21H34N2O4. The molecule has 1 fully saturated rings. The molecule has 1 saturated heterocycles. The van der Waals surface area contributed by atoms with Gasteiger partial charge in [0.25, 0.3) is 0 Å². The van der Waals surface area contributed by atoms with Gasteiger partial charge in [0, 0.05) is 26.1 Å². The minimum Gasteiger partial charge on any atom is -0.467 e. The van der Waals surface area contributed by atoms with E-state index in [1.54, 1.807) is 16.1 Å². The topological polar surface area (TPSA) is 63.0 Å². The Kier molecular flexibility index (Phi) is 8.85. The molecule has 1 aliphatic heterocycles. The summed E-state index contributed by atoms with van der Waals surface area (Å²) in [5, 5.41) is 0. The second-order valence-electron chi connectivity index (χ2n) is 7.76. The average molecular weight is 379 g/mol. The van der Waals surface area contributed by atoms with Gasteiger partial charge in [-0.15, -0.1) is 0 Å². The Bertz CT molecular complexity index is 565. The number of hydrogen-bond acceptors (Lipinski definition) is 4. The molecule has 6 nitrogen and oxygen atoms in total. The Hall–Kier alpha value is -1.82. The van der Waals surface area contributed by atoms with E-state index in [1.165, 1.54) is 0 Å². The number of ether oxygens (including phenoxy) is 1. The first-order valence-electron chi connectivity index (χ1n) is 10.2. The van der Waals surface area contributed by atoms with Gasteiger partial charge in [0.05, 0.1) is 25.5 Å². The Morgan fingerprint density at radius 1 is 1.26 bits per heavy atom. The summed E-state index contributed by atoms with van der Waals surface area (Å²) in [7, 11) is 0. The normalized spacial score (nSPS) is 16.7. The first-order valence-corrected chi connectivity index (χ1v) is 10.2. The number of carbonyl (C=O) groups excluding carboxylic acids is 2. The smallest absolute Gasteiger partial charge is 0.242 e. The highest BCUT2D eigenvalue weighted by Crippen LogP contribution is 2.16. The highest BCUT2D eigenvalue weighted by atomic mass is 16.5. The molecule has 0 radical (unpaired) electrons. The summed E-state index contributed by atoms with van der Waals surface area (Å²) < 4.78 is 11.2. The molecule has 152 valence electrons. The molecule has 2 amide bonds. The standard InChI is InChI=1S/C21H34N2O4/c1-4-5-10-20(24)22(13-17(2)3)16-21(25)23(14-18-8-6-11-26-18)15-19-9-7-12-27-19/h6,8,11,17,19H,4-5,7,9-10,12-16H2,1-3H3/t19-/m1/s1. The Morgan fingerprint density at radius 2 is 2.07 bits per heavy atom. The van der Waals surface area contributed by atoms with Crippen molar-refractivity contribution in [2.45, 2.75) is 65.5 Å². The largest absolute Gasteiger partial charge is 0.467 e. The summed E-state index contributed by atoms with van der Waals surface area (Å²) in [5.41, 5.74) is 0. The lowest BCUT2D eigenvalue weighted by Gasteiger charge is -2.29. The average Bonchev–Trinajstić information content (AvgIpc) is 3.32. The van der Waals surface area contributed by atoms with Crippen LogP contribution in [0.3, 0.4) is 0 Å². The molecule has 0 unspecified atom stereocenters. The van der Waals surface area contributed by atoms with E-state index in [2.05, 4.69) is 20.8 Å². The summed E-state index contributed by atoms with van der Waals surface area (Å²) >= 11 is 0. The van der Waals surface area contributed by atoms with Crippen LogP contribution in [0, 0.1) is 5.92 Å². The predicted octanol–water partition coefficient (Wildman–Crippen LogP) is 3.46. The van der Waals surface area contributed by atoms with Crippen molar-refractivity contribution in [1.82, 2.24) is 9.80 Å². The Morgan fingerprint density at radius 3 is 2.67 bits per heavy atom. The van der Waals surface area contributed by atoms with Gasteiger partial charge in [-0.05, 0) is 37.3 Å². The minimum atomic E-state index is -0.0487. The van der Waals surface area contributed by atoms with Crippen molar-refractivity contribution >= 4 is 11.8 Å². The molecule has 1 aliphatic rings. The van der Waals surface area contributed by atoms with Gasteiger partial charge in [-0.25, -0.2) is 0 Å². The van der Waals surface area contributed by atoms with Gasteiger partial charge in [-0.2, -0.15) is 0 Å². The lowest BCUT2D eigenvalue weighted by molar-refractivity contribution is -0.142. The molecule has 1 aromatic heterocycles. The van der Waals surface area contributed by atoms with Crippen molar-refractivity contribution in [3.63, 3.8) is 0 Å². The van der Waals surface area contributed by atoms with Crippen molar-refractivity contribution in [3.05, 3.63) is 24.2 Å². The van der Waals surface area contributed by atoms with Crippen LogP contribution < -0.4 is 0 Å². The van der Waals surface area contributed by atoms with Crippen LogP contribution in [0.2, 0.25) is 0 Å². The number of hydrogen-bond donors (Lipinski definition) is 0. The highest BCUT2D eigenvalue weighted by Gasteiger charge is 2.26. The molecule has 0 saturated carbocycles. The van der Waals surface area contributed by atoms with E-state index in [4.69, 9.17) is 9.15 Å². The highest BCUT2D eigenvalue weighted by molar-refractivity contribution is 5.84. The maximum Gasteiger partial charge on any atom is 0.242 e. The van der Waals surface area contributed by atoms with E-state index < -0.39 is 0 Å². The van der Waals surface area contributed by atoms with Crippen LogP contribution in [0.25, 0.3) is 0 Å². The summed E-state index contributed by atoms with van der Waals surface area (Å²) in [6.45, 7) is 8.62. The SMILES string of the molecule is CCCCC(=O)N(CC(=O)N(Cc1ccco1)C[C@H]1CCCO1)CC(C)C. The van der Waals surface area contributed by atoms with Crippen molar-refractivity contribution in [3.8, 4) is 0 Å². The summed E-state index contributed by atoms with van der Waals surface area (Å²) in [6.07, 6.45) is 6.00. The third-order valence-electron chi connectivity index (χ3n) is 4.74. The molecule has 2 rings (SSSR count). The van der Waals surface area contributed by atoms with Crippen molar-refractivity contribution in [2.24, 2.45) is 5.92 Å². The fraction of sp³-hybridized carbons (Fsp3) is 0.714. The maximum absolute atomic E-state index is 13.1. The molecule has 2 heterocycles. The van der Waals surface area contributed by atoms with Crippen LogP contribution >= 0.6 is 0 Å². The van der Waals surface area contributed by atoms with Crippen LogP contribution in [-0.4, -0.2) is 54.0 Å². The summed E-state index contributed by atoms with van der Waals surface area (Å²) in [5.74, 6) is 1.08. The predicted molar refractivity (Wildman–Crippen MR) is 104 cm³/mol. The molecule has 0 spiro atoms. The Labute approximate surface area is 162 Å². The van der Waals surface area contributed by atoms with Crippen LogP contribution in [0.15, 0.2) is 22.8 Å². The van der Waals surface area contributed by atoms with Crippen LogP contribution in [0.5, 0.6) is 0 Å². The zero-order valence-corrected chi connectivity index (χ0v) is 17.0. The van der Waals surface area contributed by atoms with E-state index in [0.29, 0.717) is 32.0 Å². The van der Waals surface area contributed by atoms with Crippen molar-refractivity contribution in [1.29, 1.82) is 0 Å². The Balaban J connectivity index is 2.04. The van der Waals surface area contributed by atoms with Gasteiger partial charge < -0.3 is 19.0 Å². The van der Waals surface area contributed by atoms with E-state index in [-0.39, 0.29) is 24.5 Å². The zero-order valence-electron chi connectivity index (χ0n) is 17.0. The van der Waals surface area contributed by atoms with E-state index >= 15 is 0 Å². The molecule has 1 aromatic rings. The molecule has 0 bridgehead atoms. The van der Waals surface area contributed by atoms with Crippen LogP contribution in [0.1, 0.15) is 58.6 Å².